The van der Waals surface area contributed by atoms with Gasteiger partial charge in [0.05, 0.1) is 5.52 Å². The summed E-state index contributed by atoms with van der Waals surface area (Å²) in [6, 6.07) is 7.83. The molecule has 7 heteroatoms. The number of fused-ring (bicyclic) bond motifs is 1. The van der Waals surface area contributed by atoms with Gasteiger partial charge in [0.15, 0.2) is 5.69 Å². The maximum Gasteiger partial charge on any atom is 0.272 e. The molecular weight excluding hydrogens is 294 g/mol. The van der Waals surface area contributed by atoms with Crippen LogP contribution in [-0.2, 0) is 4.79 Å². The van der Waals surface area contributed by atoms with Gasteiger partial charge in [0.2, 0.25) is 5.91 Å². The molecule has 4 N–H and O–H groups in total. The molecule has 1 aliphatic heterocycles. The van der Waals surface area contributed by atoms with Crippen molar-refractivity contribution in [3.8, 4) is 0 Å². The Morgan fingerprint density at radius 2 is 2.13 bits per heavy atom. The number of H-pyrrole nitrogens is 1. The molecule has 0 saturated carbocycles. The number of aromatic amines is 1. The first-order chi connectivity index (χ1) is 11.2. The van der Waals surface area contributed by atoms with Crippen LogP contribution in [0.2, 0.25) is 0 Å². The maximum atomic E-state index is 12.1. The summed E-state index contributed by atoms with van der Waals surface area (Å²) in [6.07, 6.45) is 2.53. The first-order valence-corrected chi connectivity index (χ1v) is 7.95. The third kappa shape index (κ3) is 3.87. The van der Waals surface area contributed by atoms with E-state index in [-0.39, 0.29) is 18.2 Å². The average Bonchev–Trinajstić information content (AvgIpc) is 3.22. The van der Waals surface area contributed by atoms with Gasteiger partial charge >= 0.3 is 0 Å². The zero-order valence-electron chi connectivity index (χ0n) is 12.9. The summed E-state index contributed by atoms with van der Waals surface area (Å²) in [5.74, 6) is -0.321. The van der Waals surface area contributed by atoms with Gasteiger partial charge in [0.1, 0.15) is 0 Å². The van der Waals surface area contributed by atoms with E-state index < -0.39 is 0 Å². The number of nitrogens with one attached hydrogen (secondary N) is 4. The molecule has 1 unspecified atom stereocenters. The van der Waals surface area contributed by atoms with E-state index in [9.17, 15) is 9.59 Å². The van der Waals surface area contributed by atoms with Crippen molar-refractivity contribution in [2.45, 2.75) is 25.3 Å². The SMILES string of the molecule is O=C(CCNC(=O)c1n[nH]c2ccccc12)NCC1CCCN1. The molecule has 1 atom stereocenters. The molecule has 7 nitrogen and oxygen atoms in total. The van der Waals surface area contributed by atoms with Gasteiger partial charge in [-0.1, -0.05) is 18.2 Å². The number of para-hydroxylation sites is 1. The summed E-state index contributed by atoms with van der Waals surface area (Å²) in [6.45, 7) is 1.97. The molecule has 0 bridgehead atoms. The largest absolute Gasteiger partial charge is 0.354 e. The van der Waals surface area contributed by atoms with Crippen LogP contribution in [0.3, 0.4) is 0 Å². The smallest absolute Gasteiger partial charge is 0.272 e. The van der Waals surface area contributed by atoms with Crippen LogP contribution in [0.1, 0.15) is 29.8 Å². The Morgan fingerprint density at radius 1 is 1.26 bits per heavy atom. The van der Waals surface area contributed by atoms with Crippen LogP contribution < -0.4 is 16.0 Å². The molecule has 23 heavy (non-hydrogen) atoms. The second kappa shape index (κ2) is 7.23. The van der Waals surface area contributed by atoms with Crippen LogP contribution in [-0.4, -0.2) is 47.7 Å². The van der Waals surface area contributed by atoms with E-state index in [0.717, 1.165) is 30.3 Å². The summed E-state index contributed by atoms with van der Waals surface area (Å²) in [7, 11) is 0. The Morgan fingerprint density at radius 3 is 2.96 bits per heavy atom. The highest BCUT2D eigenvalue weighted by Gasteiger charge is 2.16. The number of carbonyl (C=O) groups excluding carboxylic acids is 2. The number of hydrogen-bond donors (Lipinski definition) is 4. The third-order valence-corrected chi connectivity index (χ3v) is 4.03. The second-order valence-electron chi connectivity index (χ2n) is 5.72. The van der Waals surface area contributed by atoms with Gasteiger partial charge in [-0.15, -0.1) is 0 Å². The van der Waals surface area contributed by atoms with Crippen LogP contribution >= 0.6 is 0 Å². The van der Waals surface area contributed by atoms with Gasteiger partial charge in [-0.05, 0) is 25.5 Å². The molecule has 2 aromatic rings. The van der Waals surface area contributed by atoms with Crippen molar-refractivity contribution in [2.75, 3.05) is 19.6 Å². The zero-order valence-corrected chi connectivity index (χ0v) is 12.9. The number of rotatable bonds is 6. The summed E-state index contributed by atoms with van der Waals surface area (Å²) in [5, 5.41) is 16.6. The highest BCUT2D eigenvalue weighted by atomic mass is 16.2. The lowest BCUT2D eigenvalue weighted by molar-refractivity contribution is -0.121. The van der Waals surface area contributed by atoms with Gasteiger partial charge in [-0.3, -0.25) is 14.7 Å². The molecule has 2 heterocycles. The number of nitrogens with zero attached hydrogens (tertiary/aromatic N) is 1. The number of carbonyl (C=O) groups is 2. The Bertz CT molecular complexity index is 691. The van der Waals surface area contributed by atoms with Crippen molar-refractivity contribution in [1.29, 1.82) is 0 Å². The molecule has 3 rings (SSSR count). The van der Waals surface area contributed by atoms with E-state index in [1.54, 1.807) is 0 Å². The summed E-state index contributed by atoms with van der Waals surface area (Å²) in [5.41, 5.74) is 1.18. The third-order valence-electron chi connectivity index (χ3n) is 4.03. The molecule has 122 valence electrons. The van der Waals surface area contributed by atoms with E-state index >= 15 is 0 Å². The van der Waals surface area contributed by atoms with Gasteiger partial charge < -0.3 is 16.0 Å². The molecule has 1 aromatic heterocycles. The highest BCUT2D eigenvalue weighted by molar-refractivity contribution is 6.04. The number of aromatic nitrogens is 2. The minimum Gasteiger partial charge on any atom is -0.354 e. The fourth-order valence-electron chi connectivity index (χ4n) is 2.77. The van der Waals surface area contributed by atoms with Crippen LogP contribution in [0, 0.1) is 0 Å². The fraction of sp³-hybridized carbons (Fsp3) is 0.438. The lowest BCUT2D eigenvalue weighted by Gasteiger charge is -2.11. The van der Waals surface area contributed by atoms with E-state index in [1.165, 1.54) is 0 Å². The summed E-state index contributed by atoms with van der Waals surface area (Å²) in [4.78, 5) is 23.9. The number of amides is 2. The number of benzene rings is 1. The van der Waals surface area contributed by atoms with Crippen LogP contribution in [0.15, 0.2) is 24.3 Å². The summed E-state index contributed by atoms with van der Waals surface area (Å²) < 4.78 is 0. The zero-order chi connectivity index (χ0) is 16.1. The maximum absolute atomic E-state index is 12.1. The fourth-order valence-corrected chi connectivity index (χ4v) is 2.77. The van der Waals surface area contributed by atoms with Gasteiger partial charge in [0, 0.05) is 30.9 Å². The topological polar surface area (TPSA) is 98.9 Å². The Labute approximate surface area is 134 Å². The van der Waals surface area contributed by atoms with Crippen molar-refractivity contribution >= 4 is 22.7 Å². The predicted octanol–water partition coefficient (Wildman–Crippen LogP) is 0.551. The molecular formula is C16H21N5O2. The lowest BCUT2D eigenvalue weighted by Crippen LogP contribution is -2.38. The molecule has 1 saturated heterocycles. The first-order valence-electron chi connectivity index (χ1n) is 7.95. The van der Waals surface area contributed by atoms with Crippen molar-refractivity contribution < 1.29 is 9.59 Å². The van der Waals surface area contributed by atoms with E-state index in [4.69, 9.17) is 0 Å². The Balaban J connectivity index is 1.43. The lowest BCUT2D eigenvalue weighted by atomic mass is 10.2. The monoisotopic (exact) mass is 315 g/mol. The van der Waals surface area contributed by atoms with Gasteiger partial charge in [0.25, 0.3) is 5.91 Å². The van der Waals surface area contributed by atoms with Crippen molar-refractivity contribution in [1.82, 2.24) is 26.1 Å². The van der Waals surface area contributed by atoms with Gasteiger partial charge in [-0.25, -0.2) is 0 Å². The standard InChI is InChI=1S/C16H21N5O2/c22-14(19-10-11-4-3-8-17-11)7-9-18-16(23)15-12-5-1-2-6-13(12)20-21-15/h1-2,5-6,11,17H,3-4,7-10H2,(H,18,23)(H,19,22)(H,20,21). The van der Waals surface area contributed by atoms with Crippen molar-refractivity contribution in [3.05, 3.63) is 30.0 Å². The Hall–Kier alpha value is -2.41. The van der Waals surface area contributed by atoms with E-state index in [2.05, 4.69) is 26.1 Å². The van der Waals surface area contributed by atoms with Gasteiger partial charge in [-0.2, -0.15) is 5.10 Å². The van der Waals surface area contributed by atoms with Crippen molar-refractivity contribution in [2.24, 2.45) is 0 Å². The van der Waals surface area contributed by atoms with Crippen LogP contribution in [0.25, 0.3) is 10.9 Å². The van der Waals surface area contributed by atoms with Crippen LogP contribution in [0.5, 0.6) is 0 Å². The number of hydrogen-bond acceptors (Lipinski definition) is 4. The van der Waals surface area contributed by atoms with Crippen molar-refractivity contribution in [3.63, 3.8) is 0 Å². The molecule has 1 aromatic carbocycles. The molecule has 0 aliphatic carbocycles. The quantitative estimate of drug-likeness (QED) is 0.625. The van der Waals surface area contributed by atoms with Crippen LogP contribution in [0.4, 0.5) is 0 Å². The normalized spacial score (nSPS) is 17.3. The molecule has 2 amide bonds. The van der Waals surface area contributed by atoms with E-state index in [0.29, 0.717) is 24.8 Å². The summed E-state index contributed by atoms with van der Waals surface area (Å²) >= 11 is 0. The molecule has 0 radical (unpaired) electrons. The first kappa shape index (κ1) is 15.5. The minimum absolute atomic E-state index is 0.0501. The molecule has 0 spiro atoms. The average molecular weight is 315 g/mol. The predicted molar refractivity (Wildman–Crippen MR) is 87.1 cm³/mol. The highest BCUT2D eigenvalue weighted by Crippen LogP contribution is 2.14. The van der Waals surface area contributed by atoms with E-state index in [1.807, 2.05) is 24.3 Å². The molecule has 1 fully saturated rings. The minimum atomic E-state index is -0.271. The Kier molecular flexibility index (Phi) is 4.87. The molecule has 1 aliphatic rings. The second-order valence-corrected chi connectivity index (χ2v) is 5.72.